The SMILES string of the molecule is O=C(CCc1ccccc1)OC1CC[C@@]2(O)[C@H]3Cc4ccc(OC(=O)C(O)C(O)C(=O)Oc5ccc6c7c5OC5C(OC(=O)CCc8ccccc8)CC[C@@]8(O)[C@@H](C6)N(CC6CC6)CC[C@]758)c5c4[C@@]2(CCN3CC2CC2)C1O5. The average Bonchev–Trinajstić information content (AvgIpc) is 2.85. The number of aryl methyl sites for hydroxylation is 2. The maximum Gasteiger partial charge on any atom is 0.343 e. The lowest BCUT2D eigenvalue weighted by atomic mass is 9.48. The van der Waals surface area contributed by atoms with E-state index in [2.05, 4.69) is 9.80 Å². The Balaban J connectivity index is 0.712. The van der Waals surface area contributed by atoms with E-state index in [1.54, 1.807) is 12.1 Å². The van der Waals surface area contributed by atoms with Crippen LogP contribution < -0.4 is 18.9 Å². The van der Waals surface area contributed by atoms with Crippen LogP contribution in [0.3, 0.4) is 0 Å². The Labute approximate surface area is 452 Å². The van der Waals surface area contributed by atoms with Crippen molar-refractivity contribution in [3.05, 3.63) is 118 Å². The molecule has 4 heterocycles. The number of benzene rings is 4. The molecular formula is C62H68N2O14. The first kappa shape index (κ1) is 50.3. The maximum absolute atomic E-state index is 14.0. The van der Waals surface area contributed by atoms with Crippen molar-refractivity contribution in [1.82, 2.24) is 9.80 Å². The van der Waals surface area contributed by atoms with Crippen LogP contribution in [-0.4, -0.2) is 140 Å². The minimum absolute atomic E-state index is 0.0695. The van der Waals surface area contributed by atoms with E-state index in [1.807, 2.05) is 72.8 Å². The van der Waals surface area contributed by atoms with Gasteiger partial charge in [-0.3, -0.25) is 19.4 Å². The minimum Gasteiger partial charge on any atom is -0.481 e. The fraction of sp³-hybridized carbons (Fsp3) is 0.548. The van der Waals surface area contributed by atoms with E-state index in [0.29, 0.717) is 100 Å². The number of carbonyl (C=O) groups excluding carboxylic acids is 4. The molecule has 4 aromatic carbocycles. The van der Waals surface area contributed by atoms with Crippen LogP contribution in [-0.2, 0) is 65.2 Å². The summed E-state index contributed by atoms with van der Waals surface area (Å²) in [4.78, 5) is 60.1. The molecule has 6 aliphatic carbocycles. The molecule has 4 bridgehead atoms. The molecule has 6 fully saturated rings. The molecule has 2 spiro atoms. The predicted molar refractivity (Wildman–Crippen MR) is 279 cm³/mol. The zero-order valence-electron chi connectivity index (χ0n) is 43.8. The van der Waals surface area contributed by atoms with E-state index < -0.39 is 70.6 Å². The monoisotopic (exact) mass is 1060 g/mol. The number of carbonyl (C=O) groups is 4. The summed E-state index contributed by atoms with van der Waals surface area (Å²) in [6, 6.07) is 25.8. The maximum atomic E-state index is 14.0. The third-order valence-corrected chi connectivity index (χ3v) is 20.1. The van der Waals surface area contributed by atoms with Crippen LogP contribution in [0.4, 0.5) is 0 Å². The number of ether oxygens (including phenoxy) is 6. The van der Waals surface area contributed by atoms with E-state index >= 15 is 0 Å². The summed E-state index contributed by atoms with van der Waals surface area (Å²) in [5, 5.41) is 49.2. The lowest BCUT2D eigenvalue weighted by molar-refractivity contribution is -0.216. The standard InChI is InChI=1S/C62H68N2O14/c65-47(21-15-35-7-3-1-4-8-35)73-43-23-25-61(71)45-31-39-17-19-41(53-49(39)59(61,55(43)77-53)27-29-63(45)33-37-11-12-37)75-57(69)51(67)52(68)58(70)76-42-20-18-40-32-46-62(72)26-24-44(74-48(66)22-16-36-9-5-2-6-10-36)56-60(62,50(40)54(42)78-56)28-30-64(46)34-38-13-14-38/h1-10,17-20,37-38,43-46,51-52,55-56,67-68,71-72H,11-16,21-34H2/t43?,44?,45-,46-,51?,52?,55?,56?,59+,60+,61-,62-/m1/s1. The van der Waals surface area contributed by atoms with E-state index in [9.17, 15) is 39.6 Å². The van der Waals surface area contributed by atoms with Gasteiger partial charge in [0.2, 0.25) is 0 Å². The number of hydrogen-bond acceptors (Lipinski definition) is 16. The second-order valence-electron chi connectivity index (χ2n) is 24.4. The molecule has 6 unspecified atom stereocenters. The van der Waals surface area contributed by atoms with Crippen molar-refractivity contribution < 1.29 is 68.0 Å². The van der Waals surface area contributed by atoms with E-state index in [0.717, 1.165) is 35.3 Å². The zero-order valence-corrected chi connectivity index (χ0v) is 43.8. The van der Waals surface area contributed by atoms with Gasteiger partial charge < -0.3 is 48.8 Å². The Morgan fingerprint density at radius 2 is 0.962 bits per heavy atom. The molecule has 14 rings (SSSR count). The van der Waals surface area contributed by atoms with Crippen molar-refractivity contribution in [2.24, 2.45) is 11.8 Å². The van der Waals surface area contributed by atoms with Gasteiger partial charge in [-0.15, -0.1) is 0 Å². The summed E-state index contributed by atoms with van der Waals surface area (Å²) >= 11 is 0. The Kier molecular flexibility index (Phi) is 12.2. The van der Waals surface area contributed by atoms with Crippen LogP contribution in [0.1, 0.15) is 110 Å². The van der Waals surface area contributed by atoms with Crippen LogP contribution >= 0.6 is 0 Å². The van der Waals surface area contributed by atoms with Gasteiger partial charge >= 0.3 is 23.9 Å². The molecule has 4 saturated carbocycles. The molecule has 78 heavy (non-hydrogen) atoms. The number of piperidine rings is 2. The van der Waals surface area contributed by atoms with Gasteiger partial charge in [-0.2, -0.15) is 0 Å². The lowest BCUT2D eigenvalue weighted by Gasteiger charge is -2.64. The highest BCUT2D eigenvalue weighted by Crippen LogP contribution is 2.68. The first-order chi connectivity index (χ1) is 37.8. The molecule has 0 amide bonds. The van der Waals surface area contributed by atoms with E-state index in [4.69, 9.17) is 28.4 Å². The smallest absolute Gasteiger partial charge is 0.343 e. The minimum atomic E-state index is -2.41. The highest BCUT2D eigenvalue weighted by atomic mass is 16.6. The van der Waals surface area contributed by atoms with Crippen molar-refractivity contribution >= 4 is 23.9 Å². The molecule has 4 aliphatic heterocycles. The molecule has 4 N–H and O–H groups in total. The molecule has 2 saturated heterocycles. The van der Waals surface area contributed by atoms with Gasteiger partial charge in [0.25, 0.3) is 0 Å². The van der Waals surface area contributed by atoms with Crippen LogP contribution in [0.2, 0.25) is 0 Å². The molecule has 0 aromatic heterocycles. The number of nitrogens with zero attached hydrogens (tertiary/aromatic N) is 2. The van der Waals surface area contributed by atoms with E-state index in [-0.39, 0.29) is 59.9 Å². The fourth-order valence-electron chi connectivity index (χ4n) is 16.1. The van der Waals surface area contributed by atoms with Crippen LogP contribution in [0, 0.1) is 11.8 Å². The largest absolute Gasteiger partial charge is 0.481 e. The molecule has 16 heteroatoms. The van der Waals surface area contributed by atoms with Crippen LogP contribution in [0.25, 0.3) is 0 Å². The van der Waals surface area contributed by atoms with Gasteiger partial charge in [-0.25, -0.2) is 9.59 Å². The summed E-state index contributed by atoms with van der Waals surface area (Å²) < 4.78 is 38.0. The summed E-state index contributed by atoms with van der Waals surface area (Å²) in [6.07, 6.45) is 1.65. The third-order valence-electron chi connectivity index (χ3n) is 20.1. The molecular weight excluding hydrogens is 997 g/mol. The Hall–Kier alpha value is -5.88. The quantitative estimate of drug-likeness (QED) is 0.0797. The Morgan fingerprint density at radius 1 is 0.551 bits per heavy atom. The van der Waals surface area contributed by atoms with Gasteiger partial charge in [-0.05, 0) is 149 Å². The van der Waals surface area contributed by atoms with Gasteiger partial charge in [0.1, 0.15) is 24.4 Å². The molecule has 12 atom stereocenters. The average molecular weight is 1070 g/mol. The Bertz CT molecular complexity index is 2850. The molecule has 0 radical (unpaired) electrons. The number of esters is 4. The third kappa shape index (κ3) is 7.89. The van der Waals surface area contributed by atoms with Crippen molar-refractivity contribution in [2.75, 3.05) is 26.2 Å². The number of aliphatic hydroxyl groups is 4. The van der Waals surface area contributed by atoms with Gasteiger partial charge in [0.05, 0.1) is 22.0 Å². The van der Waals surface area contributed by atoms with Crippen molar-refractivity contribution in [1.29, 1.82) is 0 Å². The van der Waals surface area contributed by atoms with Gasteiger partial charge in [-0.1, -0.05) is 72.8 Å². The summed E-state index contributed by atoms with van der Waals surface area (Å²) in [5.41, 5.74) is 0.752. The number of aliphatic hydroxyl groups excluding tert-OH is 2. The van der Waals surface area contributed by atoms with Crippen molar-refractivity contribution in [3.63, 3.8) is 0 Å². The summed E-state index contributed by atoms with van der Waals surface area (Å²) in [7, 11) is 0. The fourth-order valence-corrected chi connectivity index (χ4v) is 16.1. The normalized spacial score (nSPS) is 33.3. The number of likely N-dealkylation sites (tertiary alicyclic amines) is 2. The summed E-state index contributed by atoms with van der Waals surface area (Å²) in [5.74, 6) is -2.01. The topological polar surface area (TPSA) is 211 Å². The zero-order chi connectivity index (χ0) is 53.3. The molecule has 4 aromatic rings. The molecule has 16 nitrogen and oxygen atoms in total. The highest BCUT2D eigenvalue weighted by molar-refractivity contribution is 5.88. The predicted octanol–water partition coefficient (Wildman–Crippen LogP) is 5.14. The Morgan fingerprint density at radius 3 is 1.36 bits per heavy atom. The second-order valence-corrected chi connectivity index (χ2v) is 24.4. The highest BCUT2D eigenvalue weighted by Gasteiger charge is 2.75. The van der Waals surface area contributed by atoms with Crippen molar-refractivity contribution in [2.45, 2.75) is 173 Å². The first-order valence-electron chi connectivity index (χ1n) is 28.6. The summed E-state index contributed by atoms with van der Waals surface area (Å²) in [6.45, 7) is 3.17. The van der Waals surface area contributed by atoms with Gasteiger partial charge in [0, 0.05) is 49.1 Å². The lowest BCUT2D eigenvalue weighted by Crippen LogP contribution is -2.77. The van der Waals surface area contributed by atoms with Gasteiger partial charge in [0.15, 0.2) is 35.2 Å². The van der Waals surface area contributed by atoms with Crippen LogP contribution in [0.15, 0.2) is 84.9 Å². The number of rotatable bonds is 17. The second kappa shape index (κ2) is 18.9. The van der Waals surface area contributed by atoms with Crippen molar-refractivity contribution in [3.8, 4) is 23.0 Å². The number of hydrogen-bond donors (Lipinski definition) is 4. The molecule has 10 aliphatic rings. The van der Waals surface area contributed by atoms with Crippen LogP contribution in [0.5, 0.6) is 23.0 Å². The molecule has 410 valence electrons. The first-order valence-corrected chi connectivity index (χ1v) is 28.6. The van der Waals surface area contributed by atoms with E-state index in [1.165, 1.54) is 25.7 Å².